The Hall–Kier alpha value is -0.920. The molecule has 20 heavy (non-hydrogen) atoms. The molecule has 1 aromatic heterocycles. The Labute approximate surface area is 123 Å². The van der Waals surface area contributed by atoms with E-state index in [-0.39, 0.29) is 29.9 Å². The minimum absolute atomic E-state index is 0.0209. The molecule has 1 aliphatic rings. The van der Waals surface area contributed by atoms with Crippen molar-refractivity contribution in [3.05, 3.63) is 21.9 Å². The van der Waals surface area contributed by atoms with E-state index in [1.54, 1.807) is 23.3 Å². The van der Waals surface area contributed by atoms with Gasteiger partial charge in [-0.05, 0) is 23.9 Å². The van der Waals surface area contributed by atoms with Gasteiger partial charge in [0.1, 0.15) is 0 Å². The van der Waals surface area contributed by atoms with Crippen molar-refractivity contribution in [3.8, 4) is 0 Å². The van der Waals surface area contributed by atoms with Crippen LogP contribution in [0.4, 0.5) is 0 Å². The highest BCUT2D eigenvalue weighted by atomic mass is 32.2. The van der Waals surface area contributed by atoms with Crippen molar-refractivity contribution in [3.63, 3.8) is 0 Å². The quantitative estimate of drug-likeness (QED) is 0.892. The summed E-state index contributed by atoms with van der Waals surface area (Å²) in [6, 6.07) is 1.78. The van der Waals surface area contributed by atoms with Gasteiger partial charge < -0.3 is 10.2 Å². The van der Waals surface area contributed by atoms with E-state index in [0.29, 0.717) is 13.1 Å². The summed E-state index contributed by atoms with van der Waals surface area (Å²) in [5, 5.41) is 5.12. The van der Waals surface area contributed by atoms with Crippen LogP contribution in [0, 0.1) is 6.92 Å². The second-order valence-corrected chi connectivity index (χ2v) is 8.48. The molecule has 1 fully saturated rings. The lowest BCUT2D eigenvalue weighted by Crippen LogP contribution is -2.47. The van der Waals surface area contributed by atoms with Crippen LogP contribution < -0.4 is 5.32 Å². The summed E-state index contributed by atoms with van der Waals surface area (Å²) in [7, 11) is -1.23. The van der Waals surface area contributed by atoms with Crippen LogP contribution in [0.5, 0.6) is 0 Å². The molecule has 1 aliphatic heterocycles. The van der Waals surface area contributed by atoms with Gasteiger partial charge >= 0.3 is 0 Å². The minimum atomic E-state index is -2.99. The average molecular weight is 316 g/mol. The van der Waals surface area contributed by atoms with Crippen LogP contribution in [0.25, 0.3) is 0 Å². The Bertz CT molecular complexity index is 580. The van der Waals surface area contributed by atoms with Gasteiger partial charge in [-0.1, -0.05) is 0 Å². The number of carbonyl (C=O) groups is 1. The number of hydrogen-bond donors (Lipinski definition) is 1. The van der Waals surface area contributed by atoms with E-state index in [9.17, 15) is 13.2 Å². The van der Waals surface area contributed by atoms with E-state index in [1.165, 1.54) is 10.4 Å². The Kier molecular flexibility index (Phi) is 4.82. The van der Waals surface area contributed by atoms with Gasteiger partial charge in [-0.2, -0.15) is 0 Å². The number of hydrogen-bond acceptors (Lipinski definition) is 5. The lowest BCUT2D eigenvalue weighted by atomic mass is 10.2. The monoisotopic (exact) mass is 316 g/mol. The zero-order valence-electron chi connectivity index (χ0n) is 11.8. The molecule has 0 spiro atoms. The van der Waals surface area contributed by atoms with E-state index in [2.05, 4.69) is 5.32 Å². The van der Waals surface area contributed by atoms with E-state index in [0.717, 1.165) is 0 Å². The number of thiophene rings is 1. The average Bonchev–Trinajstić information content (AvgIpc) is 2.73. The van der Waals surface area contributed by atoms with Crippen LogP contribution in [0.1, 0.15) is 16.9 Å². The van der Waals surface area contributed by atoms with Crippen molar-refractivity contribution in [1.82, 2.24) is 10.2 Å². The van der Waals surface area contributed by atoms with Crippen molar-refractivity contribution >= 4 is 27.1 Å². The number of rotatable bonds is 4. The molecular formula is C13H20N2O3S2. The second kappa shape index (κ2) is 6.24. The normalized spacial score (nSPS) is 21.6. The predicted molar refractivity (Wildman–Crippen MR) is 80.6 cm³/mol. The van der Waals surface area contributed by atoms with E-state index in [1.807, 2.05) is 18.4 Å². The maximum Gasteiger partial charge on any atom is 0.224 e. The number of carbonyl (C=O) groups excluding carboxylic acids is 1. The number of amides is 1. The summed E-state index contributed by atoms with van der Waals surface area (Å²) in [6.07, 6.45) is 0.236. The number of aryl methyl sites for hydroxylation is 1. The van der Waals surface area contributed by atoms with E-state index >= 15 is 0 Å². The van der Waals surface area contributed by atoms with Gasteiger partial charge in [0.05, 0.1) is 18.1 Å². The van der Waals surface area contributed by atoms with Crippen molar-refractivity contribution in [2.45, 2.75) is 25.9 Å². The van der Waals surface area contributed by atoms with Crippen LogP contribution >= 0.6 is 11.3 Å². The molecular weight excluding hydrogens is 296 g/mol. The van der Waals surface area contributed by atoms with E-state index < -0.39 is 9.84 Å². The van der Waals surface area contributed by atoms with Crippen LogP contribution in [-0.2, 0) is 21.2 Å². The summed E-state index contributed by atoms with van der Waals surface area (Å²) in [6.45, 7) is 3.05. The Morgan fingerprint density at radius 1 is 1.55 bits per heavy atom. The van der Waals surface area contributed by atoms with Crippen LogP contribution in [-0.4, -0.2) is 50.4 Å². The molecule has 1 amide bonds. The second-order valence-electron chi connectivity index (χ2n) is 5.25. The largest absolute Gasteiger partial charge is 0.341 e. The van der Waals surface area contributed by atoms with Crippen LogP contribution in [0.2, 0.25) is 0 Å². The Morgan fingerprint density at radius 2 is 2.30 bits per heavy atom. The summed E-state index contributed by atoms with van der Waals surface area (Å²) in [5.41, 5.74) is 1.19. The molecule has 0 radical (unpaired) electrons. The first kappa shape index (κ1) is 15.5. The van der Waals surface area contributed by atoms with Crippen molar-refractivity contribution in [2.75, 3.05) is 25.1 Å². The summed E-state index contributed by atoms with van der Waals surface area (Å²) < 4.78 is 23.1. The van der Waals surface area contributed by atoms with Crippen molar-refractivity contribution in [2.24, 2.45) is 0 Å². The molecule has 2 heterocycles. The summed E-state index contributed by atoms with van der Waals surface area (Å²) in [5.74, 6) is 0.208. The lowest BCUT2D eigenvalue weighted by molar-refractivity contribution is -0.130. The number of nitrogens with zero attached hydrogens (tertiary/aromatic N) is 1. The first-order valence-corrected chi connectivity index (χ1v) is 9.28. The highest BCUT2D eigenvalue weighted by Gasteiger charge is 2.27. The third-order valence-electron chi connectivity index (χ3n) is 3.50. The van der Waals surface area contributed by atoms with Gasteiger partial charge in [0.2, 0.25) is 5.91 Å². The number of nitrogens with one attached hydrogen (secondary N) is 1. The molecule has 1 aromatic rings. The number of sulfone groups is 1. The SMILES string of the molecule is Cc1ccsc1CN(C)C(=O)CC1CS(=O)(=O)CCN1. The summed E-state index contributed by atoms with van der Waals surface area (Å²) >= 11 is 1.64. The first-order valence-electron chi connectivity index (χ1n) is 6.58. The third-order valence-corrected chi connectivity index (χ3v) is 6.24. The van der Waals surface area contributed by atoms with Crippen LogP contribution in [0.3, 0.4) is 0 Å². The molecule has 0 bridgehead atoms. The van der Waals surface area contributed by atoms with Crippen molar-refractivity contribution in [1.29, 1.82) is 0 Å². The standard InChI is InChI=1S/C13H20N2O3S2/c1-10-3-5-19-12(10)8-15(2)13(16)7-11-9-20(17,18)6-4-14-11/h3,5,11,14H,4,6-9H2,1-2H3. The molecule has 1 N–H and O–H groups in total. The maximum atomic E-state index is 12.2. The fraction of sp³-hybridized carbons (Fsp3) is 0.615. The molecule has 0 aromatic carbocycles. The van der Waals surface area contributed by atoms with Crippen LogP contribution in [0.15, 0.2) is 11.4 Å². The fourth-order valence-electron chi connectivity index (χ4n) is 2.23. The molecule has 1 atom stereocenters. The molecule has 112 valence electrons. The van der Waals surface area contributed by atoms with Gasteiger partial charge in [-0.3, -0.25) is 4.79 Å². The molecule has 5 nitrogen and oxygen atoms in total. The van der Waals surface area contributed by atoms with Crippen molar-refractivity contribution < 1.29 is 13.2 Å². The van der Waals surface area contributed by atoms with Gasteiger partial charge in [-0.15, -0.1) is 11.3 Å². The first-order chi connectivity index (χ1) is 9.37. The highest BCUT2D eigenvalue weighted by Crippen LogP contribution is 2.18. The molecule has 0 saturated carbocycles. The molecule has 1 unspecified atom stereocenters. The fourth-order valence-corrected chi connectivity index (χ4v) is 4.64. The van der Waals surface area contributed by atoms with Gasteiger partial charge in [-0.25, -0.2) is 8.42 Å². The topological polar surface area (TPSA) is 66.5 Å². The molecule has 2 rings (SSSR count). The van der Waals surface area contributed by atoms with Gasteiger partial charge in [0.15, 0.2) is 9.84 Å². The Balaban J connectivity index is 1.89. The van der Waals surface area contributed by atoms with Gasteiger partial charge in [0.25, 0.3) is 0 Å². The predicted octanol–water partition coefficient (Wildman–Crippen LogP) is 0.792. The smallest absolute Gasteiger partial charge is 0.224 e. The lowest BCUT2D eigenvalue weighted by Gasteiger charge is -2.25. The zero-order chi connectivity index (χ0) is 14.8. The molecule has 7 heteroatoms. The molecule has 1 saturated heterocycles. The Morgan fingerprint density at radius 3 is 2.90 bits per heavy atom. The summed E-state index contributed by atoms with van der Waals surface area (Å²) in [4.78, 5) is 15.0. The third kappa shape index (κ3) is 4.04. The van der Waals surface area contributed by atoms with Gasteiger partial charge in [0, 0.05) is 30.9 Å². The maximum absolute atomic E-state index is 12.2. The molecule has 0 aliphatic carbocycles. The highest BCUT2D eigenvalue weighted by molar-refractivity contribution is 7.91. The van der Waals surface area contributed by atoms with E-state index in [4.69, 9.17) is 0 Å². The zero-order valence-corrected chi connectivity index (χ0v) is 13.4. The minimum Gasteiger partial charge on any atom is -0.341 e.